The summed E-state index contributed by atoms with van der Waals surface area (Å²) in [5, 5.41) is 6.64. The molecule has 2 N–H and O–H groups in total. The van der Waals surface area contributed by atoms with Crippen molar-refractivity contribution in [2.24, 2.45) is 4.99 Å². The topological polar surface area (TPSA) is 58.5 Å². The first kappa shape index (κ1) is 17.8. The van der Waals surface area contributed by atoms with Crippen LogP contribution < -0.4 is 15.4 Å². The molecule has 1 aromatic heterocycles. The largest absolute Gasteiger partial charge is 0.478 e. The highest BCUT2D eigenvalue weighted by atomic mass is 16.5. The molecule has 0 saturated carbocycles. The molecule has 0 fully saturated rings. The summed E-state index contributed by atoms with van der Waals surface area (Å²) in [4.78, 5) is 8.89. The molecule has 0 amide bonds. The minimum absolute atomic E-state index is 0.532. The van der Waals surface area contributed by atoms with E-state index >= 15 is 0 Å². The highest BCUT2D eigenvalue weighted by Crippen LogP contribution is 2.15. The van der Waals surface area contributed by atoms with Gasteiger partial charge in [0, 0.05) is 24.8 Å². The van der Waals surface area contributed by atoms with Gasteiger partial charge in [-0.1, -0.05) is 36.4 Å². The standard InChI is InChI=1S/C19H26N4O/c1-3-20-19(22-14-12-16-9-6-5-7-10-16)23-15-17-11-8-13-21-18(17)24-4-2/h5-11,13H,3-4,12,14-15H2,1-2H3,(H2,20,22,23). The molecule has 0 saturated heterocycles. The van der Waals surface area contributed by atoms with E-state index in [1.165, 1.54) is 5.56 Å². The highest BCUT2D eigenvalue weighted by Gasteiger charge is 2.04. The maximum atomic E-state index is 5.55. The molecular weight excluding hydrogens is 300 g/mol. The van der Waals surface area contributed by atoms with Gasteiger partial charge < -0.3 is 15.4 Å². The molecule has 24 heavy (non-hydrogen) atoms. The van der Waals surface area contributed by atoms with E-state index in [9.17, 15) is 0 Å². The van der Waals surface area contributed by atoms with Crippen LogP contribution in [0.2, 0.25) is 0 Å². The van der Waals surface area contributed by atoms with Crippen molar-refractivity contribution in [2.45, 2.75) is 26.8 Å². The molecule has 0 aliphatic heterocycles. The van der Waals surface area contributed by atoms with Gasteiger partial charge in [0.05, 0.1) is 13.2 Å². The van der Waals surface area contributed by atoms with Crippen LogP contribution in [0.4, 0.5) is 0 Å². The third-order valence-corrected chi connectivity index (χ3v) is 3.43. The average molecular weight is 326 g/mol. The van der Waals surface area contributed by atoms with Crippen LogP contribution in [0.3, 0.4) is 0 Å². The zero-order chi connectivity index (χ0) is 17.0. The molecule has 0 atom stereocenters. The van der Waals surface area contributed by atoms with Crippen LogP contribution in [-0.2, 0) is 13.0 Å². The Hall–Kier alpha value is -2.56. The summed E-state index contributed by atoms with van der Waals surface area (Å²) in [5.41, 5.74) is 2.30. The van der Waals surface area contributed by atoms with Crippen molar-refractivity contribution in [3.63, 3.8) is 0 Å². The number of aromatic nitrogens is 1. The number of aliphatic imine (C=N–C) groups is 1. The normalized spacial score (nSPS) is 11.2. The first-order chi connectivity index (χ1) is 11.8. The SMILES string of the molecule is CCNC(=NCc1cccnc1OCC)NCCc1ccccc1. The molecule has 5 nitrogen and oxygen atoms in total. The summed E-state index contributed by atoms with van der Waals surface area (Å²) >= 11 is 0. The van der Waals surface area contributed by atoms with E-state index in [0.29, 0.717) is 19.0 Å². The van der Waals surface area contributed by atoms with Crippen molar-refractivity contribution in [1.29, 1.82) is 0 Å². The van der Waals surface area contributed by atoms with Crippen molar-refractivity contribution in [3.05, 3.63) is 59.8 Å². The zero-order valence-electron chi connectivity index (χ0n) is 14.5. The third-order valence-electron chi connectivity index (χ3n) is 3.43. The minimum atomic E-state index is 0.532. The van der Waals surface area contributed by atoms with Crippen LogP contribution in [0.1, 0.15) is 25.0 Å². The number of nitrogens with one attached hydrogen (secondary N) is 2. The first-order valence-corrected chi connectivity index (χ1v) is 8.46. The monoisotopic (exact) mass is 326 g/mol. The second kappa shape index (κ2) is 10.3. The lowest BCUT2D eigenvalue weighted by atomic mass is 10.1. The van der Waals surface area contributed by atoms with Crippen LogP contribution >= 0.6 is 0 Å². The van der Waals surface area contributed by atoms with E-state index in [4.69, 9.17) is 4.74 Å². The number of guanidine groups is 1. The second-order valence-corrected chi connectivity index (χ2v) is 5.26. The summed E-state index contributed by atoms with van der Waals surface area (Å²) in [6.45, 7) is 6.80. The summed E-state index contributed by atoms with van der Waals surface area (Å²) in [7, 11) is 0. The maximum Gasteiger partial charge on any atom is 0.218 e. The number of benzene rings is 1. The lowest BCUT2D eigenvalue weighted by Crippen LogP contribution is -2.38. The van der Waals surface area contributed by atoms with Crippen molar-refractivity contribution < 1.29 is 4.74 Å². The van der Waals surface area contributed by atoms with E-state index in [1.807, 2.05) is 25.1 Å². The quantitative estimate of drug-likeness (QED) is 0.578. The van der Waals surface area contributed by atoms with Crippen LogP contribution in [0.5, 0.6) is 5.88 Å². The van der Waals surface area contributed by atoms with E-state index in [0.717, 1.165) is 31.0 Å². The van der Waals surface area contributed by atoms with Gasteiger partial charge in [-0.05, 0) is 31.9 Å². The van der Waals surface area contributed by atoms with Crippen molar-refractivity contribution in [2.75, 3.05) is 19.7 Å². The molecule has 1 heterocycles. The van der Waals surface area contributed by atoms with Gasteiger partial charge in [0.1, 0.15) is 0 Å². The Morgan fingerprint density at radius 3 is 2.67 bits per heavy atom. The fourth-order valence-corrected chi connectivity index (χ4v) is 2.29. The number of pyridine rings is 1. The third kappa shape index (κ3) is 5.91. The summed E-state index contributed by atoms with van der Waals surface area (Å²) < 4.78 is 5.55. The summed E-state index contributed by atoms with van der Waals surface area (Å²) in [6, 6.07) is 14.3. The van der Waals surface area contributed by atoms with Crippen molar-refractivity contribution in [1.82, 2.24) is 15.6 Å². The first-order valence-electron chi connectivity index (χ1n) is 8.46. The number of hydrogen-bond donors (Lipinski definition) is 2. The number of rotatable bonds is 8. The number of nitrogens with zero attached hydrogens (tertiary/aromatic N) is 2. The summed E-state index contributed by atoms with van der Waals surface area (Å²) in [6.07, 6.45) is 2.70. The average Bonchev–Trinajstić information content (AvgIpc) is 2.62. The van der Waals surface area contributed by atoms with Gasteiger partial charge in [-0.3, -0.25) is 0 Å². The molecule has 0 aliphatic rings. The molecule has 128 valence electrons. The molecule has 2 rings (SSSR count). The van der Waals surface area contributed by atoms with Crippen LogP contribution in [-0.4, -0.2) is 30.6 Å². The van der Waals surface area contributed by atoms with E-state index in [-0.39, 0.29) is 0 Å². The molecule has 0 radical (unpaired) electrons. The molecule has 0 bridgehead atoms. The molecule has 2 aromatic rings. The van der Waals surface area contributed by atoms with Gasteiger partial charge in [0.15, 0.2) is 5.96 Å². The Bertz CT molecular complexity index is 628. The van der Waals surface area contributed by atoms with Gasteiger partial charge in [-0.25, -0.2) is 9.98 Å². The van der Waals surface area contributed by atoms with Gasteiger partial charge in [0.25, 0.3) is 0 Å². The molecule has 0 unspecified atom stereocenters. The molecular formula is C19H26N4O. The number of ether oxygens (including phenoxy) is 1. The smallest absolute Gasteiger partial charge is 0.218 e. The fraction of sp³-hybridized carbons (Fsp3) is 0.368. The van der Waals surface area contributed by atoms with Crippen LogP contribution in [0.25, 0.3) is 0 Å². The molecule has 1 aromatic carbocycles. The second-order valence-electron chi connectivity index (χ2n) is 5.26. The Morgan fingerprint density at radius 2 is 1.92 bits per heavy atom. The Morgan fingerprint density at radius 1 is 1.08 bits per heavy atom. The van der Waals surface area contributed by atoms with Crippen LogP contribution in [0.15, 0.2) is 53.7 Å². The van der Waals surface area contributed by atoms with Gasteiger partial charge in [-0.15, -0.1) is 0 Å². The maximum absolute atomic E-state index is 5.55. The van der Waals surface area contributed by atoms with Crippen LogP contribution in [0, 0.1) is 0 Å². The van der Waals surface area contributed by atoms with E-state index in [2.05, 4.69) is 51.8 Å². The predicted molar refractivity (Wildman–Crippen MR) is 98.4 cm³/mol. The van der Waals surface area contributed by atoms with E-state index < -0.39 is 0 Å². The Balaban J connectivity index is 1.93. The van der Waals surface area contributed by atoms with E-state index in [1.54, 1.807) is 6.20 Å². The van der Waals surface area contributed by atoms with Crippen molar-refractivity contribution >= 4 is 5.96 Å². The minimum Gasteiger partial charge on any atom is -0.478 e. The summed E-state index contributed by atoms with van der Waals surface area (Å²) in [5.74, 6) is 1.46. The van der Waals surface area contributed by atoms with Gasteiger partial charge in [-0.2, -0.15) is 0 Å². The van der Waals surface area contributed by atoms with Crippen molar-refractivity contribution in [3.8, 4) is 5.88 Å². The van der Waals surface area contributed by atoms with Gasteiger partial charge >= 0.3 is 0 Å². The zero-order valence-corrected chi connectivity index (χ0v) is 14.5. The molecule has 0 spiro atoms. The molecule has 5 heteroatoms. The number of hydrogen-bond acceptors (Lipinski definition) is 3. The Labute approximate surface area is 144 Å². The lowest BCUT2D eigenvalue weighted by Gasteiger charge is -2.12. The Kier molecular flexibility index (Phi) is 7.60. The molecule has 0 aliphatic carbocycles. The lowest BCUT2D eigenvalue weighted by molar-refractivity contribution is 0.323. The highest BCUT2D eigenvalue weighted by molar-refractivity contribution is 5.79. The predicted octanol–water partition coefficient (Wildman–Crippen LogP) is 2.78. The fourth-order valence-electron chi connectivity index (χ4n) is 2.29. The van der Waals surface area contributed by atoms with Gasteiger partial charge in [0.2, 0.25) is 5.88 Å².